The van der Waals surface area contributed by atoms with E-state index in [9.17, 15) is 18.3 Å². The Balaban J connectivity index is 2.65. The van der Waals surface area contributed by atoms with Crippen LogP contribution in [0.3, 0.4) is 0 Å². The molecule has 1 rings (SSSR count). The molecule has 2 atom stereocenters. The molecule has 2 unspecified atom stereocenters. The van der Waals surface area contributed by atoms with Gasteiger partial charge >= 0.3 is 6.18 Å². The lowest BCUT2D eigenvalue weighted by Crippen LogP contribution is -2.48. The van der Waals surface area contributed by atoms with Crippen molar-refractivity contribution in [2.24, 2.45) is 0 Å². The van der Waals surface area contributed by atoms with Crippen LogP contribution in [-0.2, 0) is 0 Å². The molecule has 17 heavy (non-hydrogen) atoms. The molecule has 0 radical (unpaired) electrons. The molecule has 0 aromatic carbocycles. The Hall–Kier alpha value is -0.290. The average Bonchev–Trinajstić information content (AvgIpc) is 2.98. The van der Waals surface area contributed by atoms with Crippen LogP contribution in [0.15, 0.2) is 0 Å². The minimum Gasteiger partial charge on any atom is -0.391 e. The highest BCUT2D eigenvalue weighted by Crippen LogP contribution is 2.33. The van der Waals surface area contributed by atoms with E-state index >= 15 is 0 Å². The Kier molecular flexibility index (Phi) is 5.25. The van der Waals surface area contributed by atoms with Crippen molar-refractivity contribution in [3.05, 3.63) is 0 Å². The van der Waals surface area contributed by atoms with Crippen LogP contribution in [0, 0.1) is 0 Å². The third-order valence-electron chi connectivity index (χ3n) is 3.25. The van der Waals surface area contributed by atoms with E-state index in [2.05, 4.69) is 0 Å². The second-order valence-corrected chi connectivity index (χ2v) is 4.85. The second kappa shape index (κ2) is 6.05. The van der Waals surface area contributed by atoms with Crippen LogP contribution < -0.4 is 0 Å². The molecule has 1 saturated carbocycles. The average molecular weight is 253 g/mol. The number of hydrogen-bond acceptors (Lipinski definition) is 2. The molecule has 1 aliphatic rings. The first-order chi connectivity index (χ1) is 7.89. The maximum absolute atomic E-state index is 12.5. The highest BCUT2D eigenvalue weighted by atomic mass is 19.4. The van der Waals surface area contributed by atoms with E-state index < -0.39 is 18.8 Å². The molecule has 102 valence electrons. The van der Waals surface area contributed by atoms with Gasteiger partial charge in [0.25, 0.3) is 0 Å². The summed E-state index contributed by atoms with van der Waals surface area (Å²) in [7, 11) is 0. The molecule has 0 aromatic rings. The lowest BCUT2D eigenvalue weighted by molar-refractivity contribution is -0.157. The molecule has 0 bridgehead atoms. The van der Waals surface area contributed by atoms with E-state index in [1.807, 2.05) is 13.8 Å². The van der Waals surface area contributed by atoms with Crippen molar-refractivity contribution in [2.75, 3.05) is 6.54 Å². The lowest BCUT2D eigenvalue weighted by atomic mass is 10.0. The summed E-state index contributed by atoms with van der Waals surface area (Å²) in [6.45, 7) is 2.88. The molecule has 0 aliphatic heterocycles. The highest BCUT2D eigenvalue weighted by Gasteiger charge is 2.42. The van der Waals surface area contributed by atoms with E-state index in [1.165, 1.54) is 4.90 Å². The van der Waals surface area contributed by atoms with E-state index in [0.29, 0.717) is 12.8 Å². The van der Waals surface area contributed by atoms with Crippen LogP contribution in [0.4, 0.5) is 13.2 Å². The SMILES string of the molecule is CCCC(O)C(CC)N(CC(F)(F)F)C1CC1. The zero-order valence-corrected chi connectivity index (χ0v) is 10.5. The highest BCUT2D eigenvalue weighted by molar-refractivity contribution is 4.92. The largest absolute Gasteiger partial charge is 0.401 e. The number of halogens is 3. The lowest BCUT2D eigenvalue weighted by Gasteiger charge is -2.35. The van der Waals surface area contributed by atoms with Gasteiger partial charge in [-0.1, -0.05) is 20.3 Å². The van der Waals surface area contributed by atoms with Gasteiger partial charge in [0.05, 0.1) is 12.6 Å². The molecular formula is C12H22F3NO. The minimum absolute atomic E-state index is 0.0214. The number of aliphatic hydroxyl groups is 1. The van der Waals surface area contributed by atoms with E-state index in [-0.39, 0.29) is 12.1 Å². The summed E-state index contributed by atoms with van der Waals surface area (Å²) in [5.74, 6) is 0. The van der Waals surface area contributed by atoms with Gasteiger partial charge in [0, 0.05) is 12.1 Å². The first kappa shape index (κ1) is 14.8. The van der Waals surface area contributed by atoms with Gasteiger partial charge in [-0.3, -0.25) is 4.90 Å². The number of rotatable bonds is 7. The van der Waals surface area contributed by atoms with Crippen molar-refractivity contribution in [1.82, 2.24) is 4.90 Å². The van der Waals surface area contributed by atoms with Crippen LogP contribution >= 0.6 is 0 Å². The van der Waals surface area contributed by atoms with Crippen LogP contribution in [0.1, 0.15) is 46.0 Å². The third kappa shape index (κ3) is 4.84. The van der Waals surface area contributed by atoms with Gasteiger partial charge in [0.15, 0.2) is 0 Å². The van der Waals surface area contributed by atoms with Crippen LogP contribution in [-0.4, -0.2) is 40.9 Å². The predicted octanol–water partition coefficient (Wildman–Crippen LogP) is 2.95. The van der Waals surface area contributed by atoms with Crippen molar-refractivity contribution >= 4 is 0 Å². The number of hydrogen-bond donors (Lipinski definition) is 1. The summed E-state index contributed by atoms with van der Waals surface area (Å²) < 4.78 is 37.5. The van der Waals surface area contributed by atoms with Gasteiger partial charge in [0.1, 0.15) is 0 Å². The standard InChI is InChI=1S/C12H22F3NO/c1-3-5-11(17)10(4-2)16(9-6-7-9)8-12(13,14)15/h9-11,17H,3-8H2,1-2H3. The summed E-state index contributed by atoms with van der Waals surface area (Å²) >= 11 is 0. The number of alkyl halides is 3. The Bertz CT molecular complexity index is 228. The maximum Gasteiger partial charge on any atom is 0.401 e. The van der Waals surface area contributed by atoms with Crippen molar-refractivity contribution in [1.29, 1.82) is 0 Å². The topological polar surface area (TPSA) is 23.5 Å². The zero-order valence-electron chi connectivity index (χ0n) is 10.5. The molecule has 2 nitrogen and oxygen atoms in total. The summed E-state index contributed by atoms with van der Waals surface area (Å²) in [4.78, 5) is 1.46. The third-order valence-corrected chi connectivity index (χ3v) is 3.25. The van der Waals surface area contributed by atoms with Crippen LogP contribution in [0.25, 0.3) is 0 Å². The summed E-state index contributed by atoms with van der Waals surface area (Å²) in [5, 5.41) is 9.94. The van der Waals surface area contributed by atoms with Gasteiger partial charge in [-0.15, -0.1) is 0 Å². The number of aliphatic hydroxyl groups excluding tert-OH is 1. The van der Waals surface area contributed by atoms with Crippen molar-refractivity contribution in [3.63, 3.8) is 0 Å². The number of nitrogens with zero attached hydrogens (tertiary/aromatic N) is 1. The molecule has 0 aromatic heterocycles. The van der Waals surface area contributed by atoms with Gasteiger partial charge in [-0.2, -0.15) is 13.2 Å². The van der Waals surface area contributed by atoms with E-state index in [4.69, 9.17) is 0 Å². The Morgan fingerprint density at radius 2 is 1.88 bits per heavy atom. The quantitative estimate of drug-likeness (QED) is 0.754. The molecule has 1 aliphatic carbocycles. The first-order valence-corrected chi connectivity index (χ1v) is 6.39. The minimum atomic E-state index is -4.18. The summed E-state index contributed by atoms with van der Waals surface area (Å²) in [5.41, 5.74) is 0. The maximum atomic E-state index is 12.5. The van der Waals surface area contributed by atoms with Gasteiger partial charge < -0.3 is 5.11 Å². The van der Waals surface area contributed by atoms with Gasteiger partial charge in [0.2, 0.25) is 0 Å². The normalized spacial score (nSPS) is 20.6. The summed E-state index contributed by atoms with van der Waals surface area (Å²) in [6.07, 6.45) is -1.25. The molecule has 0 spiro atoms. The van der Waals surface area contributed by atoms with E-state index in [1.54, 1.807) is 0 Å². The Morgan fingerprint density at radius 3 is 2.24 bits per heavy atom. The Morgan fingerprint density at radius 1 is 1.29 bits per heavy atom. The molecule has 5 heteroatoms. The molecule has 1 N–H and O–H groups in total. The predicted molar refractivity (Wildman–Crippen MR) is 60.8 cm³/mol. The monoisotopic (exact) mass is 253 g/mol. The van der Waals surface area contributed by atoms with Crippen LogP contribution in [0.2, 0.25) is 0 Å². The zero-order chi connectivity index (χ0) is 13.1. The molecule has 0 amide bonds. The molecular weight excluding hydrogens is 231 g/mol. The van der Waals surface area contributed by atoms with Crippen LogP contribution in [0.5, 0.6) is 0 Å². The van der Waals surface area contributed by atoms with Crippen molar-refractivity contribution in [3.8, 4) is 0 Å². The molecule has 0 heterocycles. The second-order valence-electron chi connectivity index (χ2n) is 4.85. The van der Waals surface area contributed by atoms with Gasteiger partial charge in [-0.05, 0) is 25.7 Å². The van der Waals surface area contributed by atoms with Gasteiger partial charge in [-0.25, -0.2) is 0 Å². The van der Waals surface area contributed by atoms with Crippen molar-refractivity contribution in [2.45, 2.75) is 70.3 Å². The fraction of sp³-hybridized carbons (Fsp3) is 1.00. The first-order valence-electron chi connectivity index (χ1n) is 6.39. The Labute approximate surface area is 101 Å². The molecule has 0 saturated heterocycles. The summed E-state index contributed by atoms with van der Waals surface area (Å²) in [6, 6.07) is -0.336. The smallest absolute Gasteiger partial charge is 0.391 e. The molecule has 1 fully saturated rings. The fourth-order valence-corrected chi connectivity index (χ4v) is 2.35. The van der Waals surface area contributed by atoms with E-state index in [0.717, 1.165) is 19.3 Å². The fourth-order valence-electron chi connectivity index (χ4n) is 2.35. The van der Waals surface area contributed by atoms with Crippen molar-refractivity contribution < 1.29 is 18.3 Å².